The lowest BCUT2D eigenvalue weighted by Gasteiger charge is -2.01. The molecule has 0 atom stereocenters. The van der Waals surface area contributed by atoms with E-state index in [4.69, 9.17) is 4.74 Å². The summed E-state index contributed by atoms with van der Waals surface area (Å²) in [5.74, 6) is 0.710. The summed E-state index contributed by atoms with van der Waals surface area (Å²) in [4.78, 5) is 13.5. The van der Waals surface area contributed by atoms with Crippen LogP contribution in [-0.4, -0.2) is 17.0 Å². The molecule has 22 heavy (non-hydrogen) atoms. The predicted molar refractivity (Wildman–Crippen MR) is 86.3 cm³/mol. The van der Waals surface area contributed by atoms with Crippen LogP contribution in [0.25, 0.3) is 28.2 Å². The van der Waals surface area contributed by atoms with E-state index in [-0.39, 0.29) is 0 Å². The van der Waals surface area contributed by atoms with Crippen LogP contribution in [0.4, 0.5) is 0 Å². The number of benzene rings is 2. The summed E-state index contributed by atoms with van der Waals surface area (Å²) in [5, 5.41) is 11.6. The van der Waals surface area contributed by atoms with E-state index in [1.54, 1.807) is 7.11 Å². The molecule has 1 N–H and O–H groups in total. The zero-order chi connectivity index (χ0) is 15.5. The molecule has 1 heterocycles. The number of rotatable bonds is 4. The third kappa shape index (κ3) is 2.56. The molecule has 0 saturated carbocycles. The van der Waals surface area contributed by atoms with Crippen molar-refractivity contribution in [2.75, 3.05) is 7.11 Å². The SMILES string of the molecule is COc1ccc2[nH]c(-c3ccccc3)c(/C=C\[N+](=O)[O-])c2c1. The van der Waals surface area contributed by atoms with Crippen molar-refractivity contribution in [2.45, 2.75) is 0 Å². The summed E-state index contributed by atoms with van der Waals surface area (Å²) < 4.78 is 5.25. The van der Waals surface area contributed by atoms with Gasteiger partial charge in [0.1, 0.15) is 5.75 Å². The molecule has 0 saturated heterocycles. The maximum atomic E-state index is 10.7. The number of H-pyrrole nitrogens is 1. The minimum atomic E-state index is -0.465. The fraction of sp³-hybridized carbons (Fsp3) is 0.0588. The van der Waals surface area contributed by atoms with E-state index in [0.717, 1.165) is 33.9 Å². The van der Waals surface area contributed by atoms with Crippen LogP contribution in [0, 0.1) is 10.1 Å². The predicted octanol–water partition coefficient (Wildman–Crippen LogP) is 4.09. The summed E-state index contributed by atoms with van der Waals surface area (Å²) in [6, 6.07) is 15.4. The topological polar surface area (TPSA) is 68.2 Å². The van der Waals surface area contributed by atoms with Gasteiger partial charge in [0.2, 0.25) is 6.20 Å². The smallest absolute Gasteiger partial charge is 0.235 e. The fourth-order valence-corrected chi connectivity index (χ4v) is 2.46. The van der Waals surface area contributed by atoms with Gasteiger partial charge in [-0.25, -0.2) is 0 Å². The average Bonchev–Trinajstić information content (AvgIpc) is 2.91. The number of hydrogen-bond donors (Lipinski definition) is 1. The fourth-order valence-electron chi connectivity index (χ4n) is 2.46. The first-order chi connectivity index (χ1) is 10.7. The van der Waals surface area contributed by atoms with Gasteiger partial charge in [-0.05, 0) is 23.8 Å². The van der Waals surface area contributed by atoms with Crippen molar-refractivity contribution in [3.8, 4) is 17.0 Å². The Morgan fingerprint density at radius 3 is 2.64 bits per heavy atom. The van der Waals surface area contributed by atoms with Gasteiger partial charge >= 0.3 is 0 Å². The van der Waals surface area contributed by atoms with E-state index in [9.17, 15) is 10.1 Å². The Bertz CT molecular complexity index is 851. The van der Waals surface area contributed by atoms with E-state index in [0.29, 0.717) is 5.75 Å². The van der Waals surface area contributed by atoms with Gasteiger partial charge in [0.25, 0.3) is 0 Å². The normalized spacial score (nSPS) is 11.1. The first-order valence-electron chi connectivity index (χ1n) is 6.76. The summed E-state index contributed by atoms with van der Waals surface area (Å²) >= 11 is 0. The summed E-state index contributed by atoms with van der Waals surface area (Å²) in [6.07, 6.45) is 2.47. The van der Waals surface area contributed by atoms with Gasteiger partial charge < -0.3 is 9.72 Å². The van der Waals surface area contributed by atoms with Crippen LogP contribution in [0.15, 0.2) is 54.7 Å². The number of aromatic amines is 1. The molecule has 5 heteroatoms. The first-order valence-corrected chi connectivity index (χ1v) is 6.76. The van der Waals surface area contributed by atoms with Crippen LogP contribution >= 0.6 is 0 Å². The third-order valence-corrected chi connectivity index (χ3v) is 3.47. The van der Waals surface area contributed by atoms with Crippen molar-refractivity contribution in [3.63, 3.8) is 0 Å². The van der Waals surface area contributed by atoms with Crippen LogP contribution in [-0.2, 0) is 0 Å². The molecule has 0 radical (unpaired) electrons. The Morgan fingerprint density at radius 2 is 1.95 bits per heavy atom. The molecule has 0 aliphatic carbocycles. The second-order valence-corrected chi connectivity index (χ2v) is 4.79. The van der Waals surface area contributed by atoms with Gasteiger partial charge in [0.05, 0.1) is 17.7 Å². The second kappa shape index (κ2) is 5.73. The Hall–Kier alpha value is -3.08. The molecule has 110 valence electrons. The van der Waals surface area contributed by atoms with E-state index >= 15 is 0 Å². The minimum Gasteiger partial charge on any atom is -0.497 e. The van der Waals surface area contributed by atoms with Crippen molar-refractivity contribution < 1.29 is 9.66 Å². The maximum absolute atomic E-state index is 10.7. The molecular weight excluding hydrogens is 280 g/mol. The van der Waals surface area contributed by atoms with Crippen LogP contribution in [0.3, 0.4) is 0 Å². The number of nitro groups is 1. The largest absolute Gasteiger partial charge is 0.497 e. The molecule has 1 aromatic heterocycles. The van der Waals surface area contributed by atoms with E-state index in [1.807, 2.05) is 48.5 Å². The van der Waals surface area contributed by atoms with Gasteiger partial charge in [0.15, 0.2) is 0 Å². The van der Waals surface area contributed by atoms with Crippen molar-refractivity contribution in [1.82, 2.24) is 4.98 Å². The number of aromatic nitrogens is 1. The molecule has 0 aliphatic rings. The van der Waals surface area contributed by atoms with Gasteiger partial charge in [-0.2, -0.15) is 0 Å². The zero-order valence-electron chi connectivity index (χ0n) is 11.9. The molecular formula is C17H14N2O3. The molecule has 0 fully saturated rings. The first kappa shape index (κ1) is 13.9. The lowest BCUT2D eigenvalue weighted by atomic mass is 10.1. The van der Waals surface area contributed by atoms with Crippen molar-refractivity contribution in [1.29, 1.82) is 0 Å². The highest BCUT2D eigenvalue weighted by Gasteiger charge is 2.12. The Morgan fingerprint density at radius 1 is 1.18 bits per heavy atom. The number of hydrogen-bond acceptors (Lipinski definition) is 3. The number of fused-ring (bicyclic) bond motifs is 1. The Kier molecular flexibility index (Phi) is 3.62. The Labute approximate surface area is 127 Å². The minimum absolute atomic E-state index is 0.465. The van der Waals surface area contributed by atoms with Crippen LogP contribution < -0.4 is 4.74 Å². The molecule has 0 unspecified atom stereocenters. The maximum Gasteiger partial charge on any atom is 0.235 e. The molecule has 0 spiro atoms. The molecule has 2 aromatic carbocycles. The van der Waals surface area contributed by atoms with Gasteiger partial charge in [-0.1, -0.05) is 30.3 Å². The summed E-state index contributed by atoms with van der Waals surface area (Å²) in [5.41, 5.74) is 3.50. The van der Waals surface area contributed by atoms with Crippen molar-refractivity contribution in [3.05, 3.63) is 70.4 Å². The van der Waals surface area contributed by atoms with Crippen molar-refractivity contribution >= 4 is 17.0 Å². The van der Waals surface area contributed by atoms with E-state index in [2.05, 4.69) is 4.98 Å². The number of ether oxygens (including phenoxy) is 1. The molecule has 5 nitrogen and oxygen atoms in total. The zero-order valence-corrected chi connectivity index (χ0v) is 11.9. The highest BCUT2D eigenvalue weighted by molar-refractivity contribution is 5.97. The summed E-state index contributed by atoms with van der Waals surface area (Å²) in [7, 11) is 1.60. The van der Waals surface area contributed by atoms with Crippen LogP contribution in [0.2, 0.25) is 0 Å². The van der Waals surface area contributed by atoms with Gasteiger partial charge in [0, 0.05) is 22.5 Å². The number of nitrogens with one attached hydrogen (secondary N) is 1. The molecule has 0 amide bonds. The van der Waals surface area contributed by atoms with Crippen LogP contribution in [0.1, 0.15) is 5.56 Å². The lowest BCUT2D eigenvalue weighted by Crippen LogP contribution is -1.85. The monoisotopic (exact) mass is 294 g/mol. The highest BCUT2D eigenvalue weighted by Crippen LogP contribution is 2.33. The number of nitrogens with zero attached hydrogens (tertiary/aromatic N) is 1. The van der Waals surface area contributed by atoms with Crippen LogP contribution in [0.5, 0.6) is 5.75 Å². The highest BCUT2D eigenvalue weighted by atomic mass is 16.6. The Balaban J connectivity index is 2.26. The van der Waals surface area contributed by atoms with Gasteiger partial charge in [-0.3, -0.25) is 10.1 Å². The molecule has 0 bridgehead atoms. The quantitative estimate of drug-likeness (QED) is 0.582. The molecule has 3 rings (SSSR count). The van der Waals surface area contributed by atoms with Gasteiger partial charge in [-0.15, -0.1) is 0 Å². The summed E-state index contributed by atoms with van der Waals surface area (Å²) in [6.45, 7) is 0. The average molecular weight is 294 g/mol. The molecule has 3 aromatic rings. The number of methoxy groups -OCH3 is 1. The molecule has 0 aliphatic heterocycles. The standard InChI is InChI=1S/C17H14N2O3/c1-22-13-7-8-16-15(11-13)14(9-10-19(20)21)17(18-16)12-5-3-2-4-6-12/h2-11,18H,1H3/b10-9-. The lowest BCUT2D eigenvalue weighted by molar-refractivity contribution is -0.400. The van der Waals surface area contributed by atoms with E-state index in [1.165, 1.54) is 6.08 Å². The third-order valence-electron chi connectivity index (χ3n) is 3.47. The second-order valence-electron chi connectivity index (χ2n) is 4.79. The van der Waals surface area contributed by atoms with Crippen molar-refractivity contribution in [2.24, 2.45) is 0 Å². The van der Waals surface area contributed by atoms with E-state index < -0.39 is 4.92 Å².